The van der Waals surface area contributed by atoms with Gasteiger partial charge in [-0.1, -0.05) is 6.92 Å². The molecule has 0 amide bonds. The normalized spacial score (nSPS) is 30.7. The molecule has 0 radical (unpaired) electrons. The Morgan fingerprint density at radius 1 is 1.62 bits per heavy atom. The molecule has 2 nitrogen and oxygen atoms in total. The molecule has 1 N–H and O–H groups in total. The molecule has 0 aromatic carbocycles. The van der Waals surface area contributed by atoms with Gasteiger partial charge in [0.1, 0.15) is 0 Å². The van der Waals surface area contributed by atoms with Crippen LogP contribution >= 0.6 is 11.8 Å². The Balaban J connectivity index is 2.10. The van der Waals surface area contributed by atoms with Gasteiger partial charge in [-0.15, -0.1) is 0 Å². The largest absolute Gasteiger partial charge is 0.377 e. The van der Waals surface area contributed by atoms with Gasteiger partial charge in [-0.25, -0.2) is 0 Å². The number of hydrogen-bond donors (Lipinski definition) is 1. The van der Waals surface area contributed by atoms with Gasteiger partial charge < -0.3 is 10.1 Å². The lowest BCUT2D eigenvalue weighted by Gasteiger charge is -2.18. The first-order chi connectivity index (χ1) is 6.24. The van der Waals surface area contributed by atoms with Crippen molar-refractivity contribution in [1.29, 1.82) is 0 Å². The Kier molecular flexibility index (Phi) is 5.14. The number of hydrogen-bond acceptors (Lipinski definition) is 3. The molecule has 1 aliphatic rings. The number of nitrogens with one attached hydrogen (secondary N) is 1. The zero-order valence-corrected chi connectivity index (χ0v) is 9.69. The summed E-state index contributed by atoms with van der Waals surface area (Å²) in [4.78, 5) is 0. The zero-order chi connectivity index (χ0) is 9.68. The Bertz CT molecular complexity index is 143. The van der Waals surface area contributed by atoms with E-state index in [4.69, 9.17) is 4.74 Å². The van der Waals surface area contributed by atoms with Crippen molar-refractivity contribution in [1.82, 2.24) is 5.32 Å². The molecule has 1 saturated heterocycles. The van der Waals surface area contributed by atoms with E-state index in [0.717, 1.165) is 19.1 Å². The summed E-state index contributed by atoms with van der Waals surface area (Å²) in [5.41, 5.74) is 0. The van der Waals surface area contributed by atoms with E-state index in [0.29, 0.717) is 12.1 Å². The van der Waals surface area contributed by atoms with Gasteiger partial charge >= 0.3 is 0 Å². The summed E-state index contributed by atoms with van der Waals surface area (Å²) in [6, 6.07) is 0.587. The van der Waals surface area contributed by atoms with Crippen LogP contribution in [0, 0.1) is 5.92 Å². The quantitative estimate of drug-likeness (QED) is 0.735. The SMILES string of the molecule is CSCC(C)CNC1CCOC1C. The highest BCUT2D eigenvalue weighted by Crippen LogP contribution is 2.13. The molecule has 1 rings (SSSR count). The van der Waals surface area contributed by atoms with E-state index in [2.05, 4.69) is 25.4 Å². The first-order valence-corrected chi connectivity index (χ1v) is 6.47. The molecule has 1 aliphatic heterocycles. The highest BCUT2D eigenvalue weighted by molar-refractivity contribution is 7.98. The van der Waals surface area contributed by atoms with Gasteiger partial charge in [0.2, 0.25) is 0 Å². The van der Waals surface area contributed by atoms with E-state index < -0.39 is 0 Å². The van der Waals surface area contributed by atoms with E-state index in [1.165, 1.54) is 12.2 Å². The summed E-state index contributed by atoms with van der Waals surface area (Å²) < 4.78 is 5.49. The Labute approximate surface area is 85.8 Å². The van der Waals surface area contributed by atoms with E-state index in [9.17, 15) is 0 Å². The standard InChI is InChI=1S/C10H21NOS/c1-8(7-13-3)6-11-10-4-5-12-9(10)2/h8-11H,4-7H2,1-3H3. The maximum absolute atomic E-state index is 5.49. The van der Waals surface area contributed by atoms with Gasteiger partial charge in [0, 0.05) is 12.6 Å². The lowest BCUT2D eigenvalue weighted by atomic mass is 10.1. The first-order valence-electron chi connectivity index (χ1n) is 5.08. The van der Waals surface area contributed by atoms with Gasteiger partial charge in [0.25, 0.3) is 0 Å². The molecular weight excluding hydrogens is 182 g/mol. The van der Waals surface area contributed by atoms with Gasteiger partial charge in [0.15, 0.2) is 0 Å². The van der Waals surface area contributed by atoms with E-state index in [-0.39, 0.29) is 0 Å². The van der Waals surface area contributed by atoms with Gasteiger partial charge in [-0.05, 0) is 37.8 Å². The summed E-state index contributed by atoms with van der Waals surface area (Å²) in [6.07, 6.45) is 3.74. The summed E-state index contributed by atoms with van der Waals surface area (Å²) in [5, 5.41) is 3.58. The number of ether oxygens (including phenoxy) is 1. The van der Waals surface area contributed by atoms with Gasteiger partial charge in [-0.3, -0.25) is 0 Å². The van der Waals surface area contributed by atoms with Crippen LogP contribution in [-0.4, -0.2) is 37.3 Å². The summed E-state index contributed by atoms with van der Waals surface area (Å²) in [5.74, 6) is 2.01. The Morgan fingerprint density at radius 3 is 2.92 bits per heavy atom. The molecule has 0 aliphatic carbocycles. The smallest absolute Gasteiger partial charge is 0.0700 e. The van der Waals surface area contributed by atoms with Crippen LogP contribution in [0.4, 0.5) is 0 Å². The predicted octanol–water partition coefficient (Wildman–Crippen LogP) is 1.75. The highest BCUT2D eigenvalue weighted by atomic mass is 32.2. The first kappa shape index (κ1) is 11.3. The average Bonchev–Trinajstić information content (AvgIpc) is 2.48. The van der Waals surface area contributed by atoms with Crippen LogP contribution in [0.5, 0.6) is 0 Å². The number of thioether (sulfide) groups is 1. The van der Waals surface area contributed by atoms with Crippen LogP contribution < -0.4 is 5.32 Å². The lowest BCUT2D eigenvalue weighted by Crippen LogP contribution is -2.37. The molecule has 1 fully saturated rings. The molecule has 3 atom stereocenters. The van der Waals surface area contributed by atoms with Crippen molar-refractivity contribution in [3.8, 4) is 0 Å². The van der Waals surface area contributed by atoms with Crippen molar-refractivity contribution in [2.75, 3.05) is 25.2 Å². The molecule has 0 saturated carbocycles. The fourth-order valence-corrected chi connectivity index (χ4v) is 2.38. The minimum atomic E-state index is 0.404. The molecule has 78 valence electrons. The zero-order valence-electron chi connectivity index (χ0n) is 8.88. The van der Waals surface area contributed by atoms with Crippen molar-refractivity contribution >= 4 is 11.8 Å². The third-order valence-electron chi connectivity index (χ3n) is 2.56. The monoisotopic (exact) mass is 203 g/mol. The fraction of sp³-hybridized carbons (Fsp3) is 1.00. The van der Waals surface area contributed by atoms with Crippen molar-refractivity contribution < 1.29 is 4.74 Å². The van der Waals surface area contributed by atoms with Gasteiger partial charge in [0.05, 0.1) is 6.10 Å². The Morgan fingerprint density at radius 2 is 2.38 bits per heavy atom. The topological polar surface area (TPSA) is 21.3 Å². The molecule has 3 heteroatoms. The van der Waals surface area contributed by atoms with Crippen LogP contribution in [0.15, 0.2) is 0 Å². The molecule has 1 heterocycles. The van der Waals surface area contributed by atoms with Crippen molar-refractivity contribution in [2.24, 2.45) is 5.92 Å². The minimum Gasteiger partial charge on any atom is -0.377 e. The molecule has 0 aromatic rings. The predicted molar refractivity (Wildman–Crippen MR) is 59.4 cm³/mol. The third kappa shape index (κ3) is 3.88. The molecule has 13 heavy (non-hydrogen) atoms. The summed E-state index contributed by atoms with van der Waals surface area (Å²) in [6.45, 7) is 6.50. The maximum atomic E-state index is 5.49. The Hall–Kier alpha value is 0.270. The minimum absolute atomic E-state index is 0.404. The second-order valence-corrected chi connectivity index (χ2v) is 4.85. The van der Waals surface area contributed by atoms with Crippen molar-refractivity contribution in [3.05, 3.63) is 0 Å². The van der Waals surface area contributed by atoms with Crippen LogP contribution in [0.25, 0.3) is 0 Å². The molecular formula is C10H21NOS. The second kappa shape index (κ2) is 5.89. The highest BCUT2D eigenvalue weighted by Gasteiger charge is 2.23. The van der Waals surface area contributed by atoms with E-state index >= 15 is 0 Å². The van der Waals surface area contributed by atoms with E-state index in [1.54, 1.807) is 0 Å². The summed E-state index contributed by atoms with van der Waals surface area (Å²) in [7, 11) is 0. The average molecular weight is 203 g/mol. The van der Waals surface area contributed by atoms with Crippen molar-refractivity contribution in [2.45, 2.75) is 32.4 Å². The molecule has 3 unspecified atom stereocenters. The fourth-order valence-electron chi connectivity index (χ4n) is 1.70. The lowest BCUT2D eigenvalue weighted by molar-refractivity contribution is 0.112. The van der Waals surface area contributed by atoms with Crippen LogP contribution in [0.3, 0.4) is 0 Å². The van der Waals surface area contributed by atoms with E-state index in [1.807, 2.05) is 11.8 Å². The number of rotatable bonds is 5. The van der Waals surface area contributed by atoms with Crippen molar-refractivity contribution in [3.63, 3.8) is 0 Å². The van der Waals surface area contributed by atoms with Crippen LogP contribution in [-0.2, 0) is 4.74 Å². The molecule has 0 spiro atoms. The summed E-state index contributed by atoms with van der Waals surface area (Å²) >= 11 is 1.92. The second-order valence-electron chi connectivity index (χ2n) is 3.94. The molecule has 0 aromatic heterocycles. The molecule has 0 bridgehead atoms. The van der Waals surface area contributed by atoms with Crippen LogP contribution in [0.2, 0.25) is 0 Å². The third-order valence-corrected chi connectivity index (χ3v) is 3.46. The maximum Gasteiger partial charge on any atom is 0.0700 e. The van der Waals surface area contributed by atoms with Crippen LogP contribution in [0.1, 0.15) is 20.3 Å². The van der Waals surface area contributed by atoms with Gasteiger partial charge in [-0.2, -0.15) is 11.8 Å².